The van der Waals surface area contributed by atoms with Gasteiger partial charge in [-0.05, 0) is 51.0 Å². The van der Waals surface area contributed by atoms with Crippen LogP contribution >= 0.6 is 11.6 Å². The summed E-state index contributed by atoms with van der Waals surface area (Å²) in [5, 5.41) is 2.63. The van der Waals surface area contributed by atoms with Crippen LogP contribution in [-0.2, 0) is 26.2 Å². The van der Waals surface area contributed by atoms with Gasteiger partial charge in [-0.1, -0.05) is 48.9 Å². The molecular formula is C24H31ClFN3O4S. The fourth-order valence-electron chi connectivity index (χ4n) is 3.41. The first-order valence-corrected chi connectivity index (χ1v) is 13.0. The summed E-state index contributed by atoms with van der Waals surface area (Å²) in [6.45, 7) is 6.83. The highest BCUT2D eigenvalue weighted by atomic mass is 35.5. The van der Waals surface area contributed by atoms with Crippen LogP contribution in [0.5, 0.6) is 0 Å². The summed E-state index contributed by atoms with van der Waals surface area (Å²) < 4.78 is 39.6. The summed E-state index contributed by atoms with van der Waals surface area (Å²) in [6, 6.07) is 11.7. The van der Waals surface area contributed by atoms with Crippen molar-refractivity contribution in [3.63, 3.8) is 0 Å². The fourth-order valence-corrected chi connectivity index (χ4v) is 4.42. The van der Waals surface area contributed by atoms with E-state index in [1.807, 2.05) is 51.1 Å². The molecule has 0 aliphatic carbocycles. The fraction of sp³-hybridized carbons (Fsp3) is 0.417. The zero-order valence-electron chi connectivity index (χ0n) is 20.0. The third-order valence-corrected chi connectivity index (χ3v) is 6.38. The highest BCUT2D eigenvalue weighted by Gasteiger charge is 2.33. The Kier molecular flexibility index (Phi) is 9.08. The maximum atomic E-state index is 13.6. The Morgan fingerprint density at radius 1 is 1.12 bits per heavy atom. The van der Waals surface area contributed by atoms with E-state index in [0.717, 1.165) is 28.3 Å². The predicted molar refractivity (Wildman–Crippen MR) is 133 cm³/mol. The van der Waals surface area contributed by atoms with Crippen LogP contribution in [0.1, 0.15) is 39.7 Å². The van der Waals surface area contributed by atoms with E-state index in [1.54, 1.807) is 6.92 Å². The van der Waals surface area contributed by atoms with Gasteiger partial charge in [-0.15, -0.1) is 0 Å². The van der Waals surface area contributed by atoms with E-state index in [0.29, 0.717) is 6.42 Å². The van der Waals surface area contributed by atoms with E-state index < -0.39 is 39.9 Å². The number of sulfonamides is 1. The molecule has 186 valence electrons. The monoisotopic (exact) mass is 511 g/mol. The van der Waals surface area contributed by atoms with Crippen molar-refractivity contribution in [3.8, 4) is 0 Å². The van der Waals surface area contributed by atoms with Crippen LogP contribution in [0, 0.1) is 5.82 Å². The zero-order chi connectivity index (χ0) is 25.7. The average Bonchev–Trinajstić information content (AvgIpc) is 2.72. The number of carbonyl (C=O) groups is 2. The first-order chi connectivity index (χ1) is 15.7. The maximum Gasteiger partial charge on any atom is 0.244 e. The van der Waals surface area contributed by atoms with Gasteiger partial charge in [-0.3, -0.25) is 13.9 Å². The molecule has 34 heavy (non-hydrogen) atoms. The Labute approximate surface area is 205 Å². The molecule has 2 rings (SSSR count). The molecular weight excluding hydrogens is 481 g/mol. The molecule has 0 saturated heterocycles. The van der Waals surface area contributed by atoms with Gasteiger partial charge in [0.05, 0.1) is 17.0 Å². The number of hydrogen-bond donors (Lipinski definition) is 1. The number of anilines is 1. The van der Waals surface area contributed by atoms with E-state index in [2.05, 4.69) is 5.32 Å². The lowest BCUT2D eigenvalue weighted by molar-refractivity contribution is -0.141. The van der Waals surface area contributed by atoms with Gasteiger partial charge < -0.3 is 10.2 Å². The van der Waals surface area contributed by atoms with E-state index in [-0.39, 0.29) is 23.2 Å². The quantitative estimate of drug-likeness (QED) is 0.552. The van der Waals surface area contributed by atoms with E-state index >= 15 is 0 Å². The molecule has 0 spiro atoms. The van der Waals surface area contributed by atoms with Crippen LogP contribution in [0.25, 0.3) is 0 Å². The lowest BCUT2D eigenvalue weighted by Crippen LogP contribution is -2.55. The third-order valence-electron chi connectivity index (χ3n) is 4.95. The minimum Gasteiger partial charge on any atom is -0.350 e. The Balaban J connectivity index is 2.45. The van der Waals surface area contributed by atoms with Crippen LogP contribution in [0.15, 0.2) is 48.5 Å². The molecule has 2 aromatic rings. The number of hydrogen-bond acceptors (Lipinski definition) is 4. The van der Waals surface area contributed by atoms with E-state index in [4.69, 9.17) is 11.6 Å². The molecule has 2 amide bonds. The largest absolute Gasteiger partial charge is 0.350 e. The van der Waals surface area contributed by atoms with E-state index in [1.165, 1.54) is 11.0 Å². The second kappa shape index (κ2) is 11.2. The maximum absolute atomic E-state index is 13.6. The predicted octanol–water partition coefficient (Wildman–Crippen LogP) is 3.97. The normalized spacial score (nSPS) is 12.7. The molecule has 10 heteroatoms. The summed E-state index contributed by atoms with van der Waals surface area (Å²) in [5.74, 6) is -1.62. The second-order valence-electron chi connectivity index (χ2n) is 9.04. The number of nitrogens with one attached hydrogen (secondary N) is 1. The van der Waals surface area contributed by atoms with Gasteiger partial charge in [-0.2, -0.15) is 0 Å². The number of benzene rings is 2. The van der Waals surface area contributed by atoms with Crippen molar-refractivity contribution in [1.82, 2.24) is 10.2 Å². The molecule has 0 aliphatic rings. The molecule has 0 saturated carbocycles. The first-order valence-electron chi connectivity index (χ1n) is 10.8. The Hall–Kier alpha value is -2.65. The van der Waals surface area contributed by atoms with Crippen LogP contribution < -0.4 is 9.62 Å². The van der Waals surface area contributed by atoms with Crippen LogP contribution in [-0.4, -0.2) is 49.5 Å². The summed E-state index contributed by atoms with van der Waals surface area (Å²) >= 11 is 5.85. The van der Waals surface area contributed by atoms with Gasteiger partial charge in [0.2, 0.25) is 21.8 Å². The number of amides is 2. The number of nitrogens with zero attached hydrogens (tertiary/aromatic N) is 2. The van der Waals surface area contributed by atoms with Crippen LogP contribution in [0.2, 0.25) is 5.02 Å². The molecule has 0 aliphatic heterocycles. The summed E-state index contributed by atoms with van der Waals surface area (Å²) in [7, 11) is -3.93. The van der Waals surface area contributed by atoms with Crippen molar-refractivity contribution >= 4 is 39.1 Å². The van der Waals surface area contributed by atoms with Crippen molar-refractivity contribution in [2.45, 2.75) is 52.2 Å². The lowest BCUT2D eigenvalue weighted by atomic mass is 10.1. The smallest absolute Gasteiger partial charge is 0.244 e. The van der Waals surface area contributed by atoms with Crippen LogP contribution in [0.3, 0.4) is 0 Å². The Morgan fingerprint density at radius 2 is 1.74 bits per heavy atom. The van der Waals surface area contributed by atoms with Crippen LogP contribution in [0.4, 0.5) is 10.1 Å². The van der Waals surface area contributed by atoms with Gasteiger partial charge >= 0.3 is 0 Å². The topological polar surface area (TPSA) is 86.8 Å². The highest BCUT2D eigenvalue weighted by molar-refractivity contribution is 7.92. The zero-order valence-corrected chi connectivity index (χ0v) is 21.6. The molecule has 0 bridgehead atoms. The van der Waals surface area contributed by atoms with Gasteiger partial charge in [0, 0.05) is 12.1 Å². The highest BCUT2D eigenvalue weighted by Crippen LogP contribution is 2.25. The number of halogens is 2. The van der Waals surface area contributed by atoms with Crippen molar-refractivity contribution < 1.29 is 22.4 Å². The Morgan fingerprint density at radius 3 is 2.24 bits per heavy atom. The van der Waals surface area contributed by atoms with Gasteiger partial charge in [0.1, 0.15) is 18.4 Å². The number of rotatable bonds is 9. The SMILES string of the molecule is CCC(C(=O)NC(C)(C)C)N(Cc1ccccc1)C(=O)CN(c1ccc(F)c(Cl)c1)S(C)(=O)=O. The molecule has 1 atom stereocenters. The molecule has 1 N–H and O–H groups in total. The van der Waals surface area contributed by atoms with Crippen molar-refractivity contribution in [3.05, 3.63) is 64.9 Å². The summed E-state index contributed by atoms with van der Waals surface area (Å²) in [6.07, 6.45) is 1.27. The number of carbonyl (C=O) groups excluding carboxylic acids is 2. The molecule has 0 aromatic heterocycles. The average molecular weight is 512 g/mol. The van der Waals surface area contributed by atoms with E-state index in [9.17, 15) is 22.4 Å². The molecule has 0 heterocycles. The van der Waals surface area contributed by atoms with Crippen molar-refractivity contribution in [2.24, 2.45) is 0 Å². The second-order valence-corrected chi connectivity index (χ2v) is 11.4. The lowest BCUT2D eigenvalue weighted by Gasteiger charge is -2.34. The molecule has 2 aromatic carbocycles. The van der Waals surface area contributed by atoms with Gasteiger partial charge in [-0.25, -0.2) is 12.8 Å². The van der Waals surface area contributed by atoms with Crippen molar-refractivity contribution in [2.75, 3.05) is 17.1 Å². The summed E-state index contributed by atoms with van der Waals surface area (Å²) in [4.78, 5) is 28.0. The molecule has 0 fully saturated rings. The summed E-state index contributed by atoms with van der Waals surface area (Å²) in [5.41, 5.74) is 0.318. The minimum absolute atomic E-state index is 0.0501. The molecule has 1 unspecified atom stereocenters. The van der Waals surface area contributed by atoms with Crippen molar-refractivity contribution in [1.29, 1.82) is 0 Å². The first kappa shape index (κ1) is 27.6. The molecule has 7 nitrogen and oxygen atoms in total. The minimum atomic E-state index is -3.93. The van der Waals surface area contributed by atoms with Gasteiger partial charge in [0.15, 0.2) is 0 Å². The van der Waals surface area contributed by atoms with Gasteiger partial charge in [0.25, 0.3) is 0 Å². The standard InChI is InChI=1S/C24H31ClFN3O4S/c1-6-21(23(31)27-24(2,3)4)28(15-17-10-8-7-9-11-17)22(30)16-29(34(5,32)33)18-12-13-20(26)19(25)14-18/h7-14,21H,6,15-16H2,1-5H3,(H,27,31). The Bertz CT molecular complexity index is 1120. The third kappa shape index (κ3) is 7.70. The molecule has 0 radical (unpaired) electrons.